The predicted molar refractivity (Wildman–Crippen MR) is 150 cm³/mol. The highest BCUT2D eigenvalue weighted by Crippen LogP contribution is 2.53. The lowest BCUT2D eigenvalue weighted by Crippen LogP contribution is -2.58. The molecule has 3 aliphatic rings. The average molecular weight is 555 g/mol. The first-order valence-electron chi connectivity index (χ1n) is 14.0. The van der Waals surface area contributed by atoms with Crippen molar-refractivity contribution in [2.24, 2.45) is 17.8 Å². The molecule has 5 atom stereocenters. The molecule has 0 spiro atoms. The van der Waals surface area contributed by atoms with Crippen LogP contribution >= 0.6 is 11.6 Å². The molecular formula is C31H39ClN2O5. The number of benzene rings is 2. The van der Waals surface area contributed by atoms with Crippen LogP contribution in [-0.2, 0) is 20.9 Å². The van der Waals surface area contributed by atoms with Crippen molar-refractivity contribution in [3.05, 3.63) is 64.7 Å². The topological polar surface area (TPSA) is 77.1 Å². The van der Waals surface area contributed by atoms with E-state index in [-0.39, 0.29) is 42.5 Å². The third-order valence-corrected chi connectivity index (χ3v) is 8.51. The molecule has 210 valence electrons. The van der Waals surface area contributed by atoms with E-state index >= 15 is 0 Å². The molecule has 0 aliphatic carbocycles. The number of amides is 2. The van der Waals surface area contributed by atoms with Gasteiger partial charge in [0, 0.05) is 35.5 Å². The maximum Gasteiger partial charge on any atom is 0.408 e. The van der Waals surface area contributed by atoms with Gasteiger partial charge in [-0.1, -0.05) is 55.8 Å². The van der Waals surface area contributed by atoms with E-state index in [0.29, 0.717) is 24.5 Å². The molecule has 1 N–H and O–H groups in total. The van der Waals surface area contributed by atoms with Gasteiger partial charge in [0.25, 0.3) is 0 Å². The molecule has 0 bridgehead atoms. The summed E-state index contributed by atoms with van der Waals surface area (Å²) in [5.41, 5.74) is 1.50. The molecule has 2 fully saturated rings. The molecule has 8 heteroatoms. The van der Waals surface area contributed by atoms with Crippen LogP contribution in [-0.4, -0.2) is 47.7 Å². The van der Waals surface area contributed by atoms with Gasteiger partial charge in [0.2, 0.25) is 5.91 Å². The highest BCUT2D eigenvalue weighted by atomic mass is 35.5. The molecule has 2 aromatic carbocycles. The molecule has 3 heterocycles. The molecule has 2 aromatic rings. The van der Waals surface area contributed by atoms with Crippen LogP contribution in [0.3, 0.4) is 0 Å². The first-order valence-corrected chi connectivity index (χ1v) is 14.4. The van der Waals surface area contributed by atoms with Crippen LogP contribution in [0.4, 0.5) is 4.79 Å². The molecule has 39 heavy (non-hydrogen) atoms. The van der Waals surface area contributed by atoms with Crippen molar-refractivity contribution < 1.29 is 23.8 Å². The lowest BCUT2D eigenvalue weighted by molar-refractivity contribution is -0.189. The van der Waals surface area contributed by atoms with E-state index in [9.17, 15) is 9.59 Å². The molecule has 0 unspecified atom stereocenters. The fourth-order valence-corrected chi connectivity index (χ4v) is 6.48. The smallest absolute Gasteiger partial charge is 0.408 e. The number of alkyl carbamates (subject to hydrolysis) is 1. The van der Waals surface area contributed by atoms with Gasteiger partial charge in [0.1, 0.15) is 24.0 Å². The number of nitrogens with zero attached hydrogens (tertiary/aromatic N) is 1. The van der Waals surface area contributed by atoms with Gasteiger partial charge >= 0.3 is 6.09 Å². The Morgan fingerprint density at radius 1 is 1.18 bits per heavy atom. The van der Waals surface area contributed by atoms with Crippen molar-refractivity contribution in [1.82, 2.24) is 10.2 Å². The first-order chi connectivity index (χ1) is 18.6. The van der Waals surface area contributed by atoms with Crippen LogP contribution in [0.2, 0.25) is 5.02 Å². The van der Waals surface area contributed by atoms with E-state index in [1.165, 1.54) is 0 Å². The zero-order chi connectivity index (χ0) is 27.7. The fraction of sp³-hybridized carbons (Fsp3) is 0.548. The Hall–Kier alpha value is -2.77. The molecule has 0 aromatic heterocycles. The summed E-state index contributed by atoms with van der Waals surface area (Å²) in [6.07, 6.45) is 1.59. The third kappa shape index (κ3) is 6.20. The van der Waals surface area contributed by atoms with Crippen LogP contribution in [0.15, 0.2) is 48.5 Å². The van der Waals surface area contributed by atoms with E-state index in [2.05, 4.69) is 19.2 Å². The second-order valence-corrected chi connectivity index (χ2v) is 12.5. The number of hydrogen-bond donors (Lipinski definition) is 1. The monoisotopic (exact) mass is 554 g/mol. The lowest BCUT2D eigenvalue weighted by Gasteiger charge is -2.53. The van der Waals surface area contributed by atoms with Gasteiger partial charge in [-0.05, 0) is 62.8 Å². The number of nitrogens with one attached hydrogen (secondary N) is 1. The number of carbonyl (C=O) groups is 2. The van der Waals surface area contributed by atoms with E-state index in [0.717, 1.165) is 29.7 Å². The van der Waals surface area contributed by atoms with E-state index in [1.54, 1.807) is 0 Å². The quantitative estimate of drug-likeness (QED) is 0.463. The van der Waals surface area contributed by atoms with Gasteiger partial charge in [-0.25, -0.2) is 4.79 Å². The van der Waals surface area contributed by atoms with Crippen LogP contribution in [0.25, 0.3) is 0 Å². The standard InChI is InChI=1S/C31H39ClN2O5/c1-19(2)14-25(33-30(36)37-18-20-8-6-5-7-9-20)29(35)34-13-12-26-21(17-34)15-24-28(38-26)23-16-22(32)10-11-27(23)39-31(24,3)4/h5-11,16,19,21,24-26,28H,12-15,17-18H2,1-4H3,(H,33,36)/t21-,24+,25+,26+,28-/m1/s1. The summed E-state index contributed by atoms with van der Waals surface area (Å²) in [6, 6.07) is 14.6. The summed E-state index contributed by atoms with van der Waals surface area (Å²) in [4.78, 5) is 28.2. The normalized spacial score (nSPS) is 25.9. The summed E-state index contributed by atoms with van der Waals surface area (Å²) in [7, 11) is 0. The van der Waals surface area contributed by atoms with Crippen molar-refractivity contribution in [2.45, 2.75) is 77.4 Å². The fourth-order valence-electron chi connectivity index (χ4n) is 6.30. The van der Waals surface area contributed by atoms with Crippen molar-refractivity contribution in [3.8, 4) is 5.75 Å². The lowest BCUT2D eigenvalue weighted by atomic mass is 9.70. The summed E-state index contributed by atoms with van der Waals surface area (Å²) in [5, 5.41) is 3.52. The molecule has 2 amide bonds. The summed E-state index contributed by atoms with van der Waals surface area (Å²) in [6.45, 7) is 9.68. The molecule has 0 radical (unpaired) electrons. The number of halogens is 1. The number of fused-ring (bicyclic) bond motifs is 4. The Kier molecular flexibility index (Phi) is 8.11. The number of hydrogen-bond acceptors (Lipinski definition) is 5. The van der Waals surface area contributed by atoms with Crippen LogP contribution < -0.4 is 10.1 Å². The Labute approximate surface area is 236 Å². The summed E-state index contributed by atoms with van der Waals surface area (Å²) in [5.74, 6) is 1.34. The third-order valence-electron chi connectivity index (χ3n) is 8.27. The number of rotatable bonds is 6. The predicted octanol–water partition coefficient (Wildman–Crippen LogP) is 6.15. The molecule has 2 saturated heterocycles. The highest BCUT2D eigenvalue weighted by molar-refractivity contribution is 6.30. The SMILES string of the molecule is CC(C)C[C@H](NC(=O)OCc1ccccc1)C(=O)N1CC[C@@H]2O[C@@H]3c4cc(Cl)ccc4OC(C)(C)[C@H]3C[C@@H]2C1. The first kappa shape index (κ1) is 27.8. The molecule has 0 saturated carbocycles. The number of ether oxygens (including phenoxy) is 3. The van der Waals surface area contributed by atoms with Crippen LogP contribution in [0.1, 0.15) is 64.2 Å². The Morgan fingerprint density at radius 3 is 2.69 bits per heavy atom. The van der Waals surface area contributed by atoms with E-state index < -0.39 is 17.7 Å². The largest absolute Gasteiger partial charge is 0.487 e. The summed E-state index contributed by atoms with van der Waals surface area (Å²) >= 11 is 6.33. The maximum atomic E-state index is 13.7. The van der Waals surface area contributed by atoms with Crippen LogP contribution in [0, 0.1) is 17.8 Å². The van der Waals surface area contributed by atoms with Crippen molar-refractivity contribution in [2.75, 3.05) is 13.1 Å². The van der Waals surface area contributed by atoms with Gasteiger partial charge < -0.3 is 24.4 Å². The molecule has 5 rings (SSSR count). The minimum atomic E-state index is -0.634. The average Bonchev–Trinajstić information content (AvgIpc) is 2.91. The van der Waals surface area contributed by atoms with Crippen molar-refractivity contribution in [1.29, 1.82) is 0 Å². The van der Waals surface area contributed by atoms with Crippen LogP contribution in [0.5, 0.6) is 5.75 Å². The van der Waals surface area contributed by atoms with Gasteiger partial charge in [-0.2, -0.15) is 0 Å². The van der Waals surface area contributed by atoms with Gasteiger partial charge in [-0.3, -0.25) is 4.79 Å². The Balaban J connectivity index is 1.25. The maximum absolute atomic E-state index is 13.7. The van der Waals surface area contributed by atoms with Gasteiger partial charge in [-0.15, -0.1) is 0 Å². The molecule has 3 aliphatic heterocycles. The van der Waals surface area contributed by atoms with Crippen molar-refractivity contribution >= 4 is 23.6 Å². The molecule has 7 nitrogen and oxygen atoms in total. The van der Waals surface area contributed by atoms with Gasteiger partial charge in [0.05, 0.1) is 12.2 Å². The minimum Gasteiger partial charge on any atom is -0.487 e. The second-order valence-electron chi connectivity index (χ2n) is 12.0. The summed E-state index contributed by atoms with van der Waals surface area (Å²) < 4.78 is 18.6. The highest BCUT2D eigenvalue weighted by Gasteiger charge is 2.51. The second kappa shape index (κ2) is 11.4. The number of likely N-dealkylation sites (tertiary alicyclic amines) is 1. The Morgan fingerprint density at radius 2 is 1.95 bits per heavy atom. The minimum absolute atomic E-state index is 0.0581. The Bertz CT molecular complexity index is 1190. The number of carbonyl (C=O) groups excluding carboxylic acids is 2. The van der Waals surface area contributed by atoms with E-state index in [1.807, 2.05) is 67.3 Å². The van der Waals surface area contributed by atoms with Crippen molar-refractivity contribution in [3.63, 3.8) is 0 Å². The molecular weight excluding hydrogens is 516 g/mol. The zero-order valence-corrected chi connectivity index (χ0v) is 23.9. The number of piperidine rings is 1. The van der Waals surface area contributed by atoms with Gasteiger partial charge in [0.15, 0.2) is 0 Å². The zero-order valence-electron chi connectivity index (χ0n) is 23.2. The van der Waals surface area contributed by atoms with E-state index in [4.69, 9.17) is 25.8 Å².